The summed E-state index contributed by atoms with van der Waals surface area (Å²) in [5.74, 6) is 0.292. The Kier molecular flexibility index (Phi) is 3.49. The molecule has 0 nitrogen and oxygen atoms in total. The first-order valence-electron chi connectivity index (χ1n) is 5.40. The van der Waals surface area contributed by atoms with E-state index >= 15 is 0 Å². The van der Waals surface area contributed by atoms with E-state index in [1.54, 1.807) is 0 Å². The van der Waals surface area contributed by atoms with E-state index in [2.05, 4.69) is 0 Å². The maximum absolute atomic E-state index is 12.6. The van der Waals surface area contributed by atoms with Crippen molar-refractivity contribution >= 4 is 0 Å². The van der Waals surface area contributed by atoms with Crippen LogP contribution in [-0.2, 0) is 0 Å². The van der Waals surface area contributed by atoms with Crippen LogP contribution in [0.1, 0.15) is 52.4 Å². The van der Waals surface area contributed by atoms with E-state index in [-0.39, 0.29) is 0 Å². The molecule has 0 amide bonds. The lowest BCUT2D eigenvalue weighted by Gasteiger charge is -2.33. The molecule has 3 heteroatoms. The van der Waals surface area contributed by atoms with Crippen molar-refractivity contribution in [3.63, 3.8) is 0 Å². The molecule has 1 aliphatic carbocycles. The lowest BCUT2D eigenvalue weighted by Crippen LogP contribution is -2.34. The van der Waals surface area contributed by atoms with Gasteiger partial charge in [0.2, 0.25) is 0 Å². The van der Waals surface area contributed by atoms with Crippen molar-refractivity contribution < 1.29 is 13.2 Å². The predicted molar refractivity (Wildman–Crippen MR) is 51.0 cm³/mol. The molecule has 84 valence electrons. The van der Waals surface area contributed by atoms with Crippen molar-refractivity contribution in [2.24, 2.45) is 11.3 Å². The summed E-state index contributed by atoms with van der Waals surface area (Å²) >= 11 is 0. The molecular formula is C11H19F3. The van der Waals surface area contributed by atoms with Crippen LogP contribution in [0, 0.1) is 11.3 Å². The molecule has 0 radical (unpaired) electrons. The second-order valence-electron chi connectivity index (χ2n) is 5.09. The molecule has 0 atom stereocenters. The maximum Gasteiger partial charge on any atom is 0.393 e. The molecular weight excluding hydrogens is 189 g/mol. The van der Waals surface area contributed by atoms with Crippen LogP contribution >= 0.6 is 0 Å². The van der Waals surface area contributed by atoms with Crippen LogP contribution in [0.4, 0.5) is 13.2 Å². The molecule has 0 aromatic rings. The first-order chi connectivity index (χ1) is 6.33. The van der Waals surface area contributed by atoms with Gasteiger partial charge < -0.3 is 0 Å². The average molecular weight is 208 g/mol. The summed E-state index contributed by atoms with van der Waals surface area (Å²) in [6, 6.07) is 0. The van der Waals surface area contributed by atoms with Crippen LogP contribution < -0.4 is 0 Å². The lowest BCUT2D eigenvalue weighted by molar-refractivity contribution is -0.217. The van der Waals surface area contributed by atoms with E-state index in [1.165, 1.54) is 20.3 Å². The Morgan fingerprint density at radius 1 is 1.00 bits per heavy atom. The van der Waals surface area contributed by atoms with E-state index in [0.717, 1.165) is 25.7 Å². The van der Waals surface area contributed by atoms with Gasteiger partial charge in [0.25, 0.3) is 0 Å². The summed E-state index contributed by atoms with van der Waals surface area (Å²) in [5.41, 5.74) is -1.50. The van der Waals surface area contributed by atoms with Crippen LogP contribution in [0.5, 0.6) is 0 Å². The van der Waals surface area contributed by atoms with Crippen molar-refractivity contribution in [2.75, 3.05) is 0 Å². The standard InChI is InChI=1S/C11H19F3/c1-10(2,11(12,13)14)8-9-6-4-3-5-7-9/h9H,3-8H2,1-2H3. The number of hydrogen-bond donors (Lipinski definition) is 0. The molecule has 0 spiro atoms. The Bertz CT molecular complexity index is 175. The van der Waals surface area contributed by atoms with Crippen LogP contribution in [0.3, 0.4) is 0 Å². The molecule has 0 saturated heterocycles. The second kappa shape index (κ2) is 4.11. The summed E-state index contributed by atoms with van der Waals surface area (Å²) < 4.78 is 37.8. The Morgan fingerprint density at radius 2 is 1.50 bits per heavy atom. The Hall–Kier alpha value is -0.210. The topological polar surface area (TPSA) is 0 Å². The van der Waals surface area contributed by atoms with Crippen LogP contribution in [0.15, 0.2) is 0 Å². The number of rotatable bonds is 2. The zero-order valence-electron chi connectivity index (χ0n) is 8.95. The van der Waals surface area contributed by atoms with E-state index in [1.807, 2.05) is 0 Å². The van der Waals surface area contributed by atoms with Gasteiger partial charge >= 0.3 is 6.18 Å². The molecule has 0 N–H and O–H groups in total. The SMILES string of the molecule is CC(C)(CC1CCCCC1)C(F)(F)F. The van der Waals surface area contributed by atoms with Gasteiger partial charge in [0.1, 0.15) is 0 Å². The zero-order valence-corrected chi connectivity index (χ0v) is 8.95. The minimum absolute atomic E-state index is 0.292. The van der Waals surface area contributed by atoms with Gasteiger partial charge in [0.15, 0.2) is 0 Å². The maximum atomic E-state index is 12.6. The van der Waals surface area contributed by atoms with Crippen molar-refractivity contribution in [3.05, 3.63) is 0 Å². The van der Waals surface area contributed by atoms with Crippen molar-refractivity contribution in [3.8, 4) is 0 Å². The molecule has 1 fully saturated rings. The quantitative estimate of drug-likeness (QED) is 0.624. The number of halogens is 3. The lowest BCUT2D eigenvalue weighted by atomic mass is 9.76. The minimum Gasteiger partial charge on any atom is -0.171 e. The van der Waals surface area contributed by atoms with Crippen LogP contribution in [-0.4, -0.2) is 6.18 Å². The molecule has 1 aliphatic rings. The van der Waals surface area contributed by atoms with Gasteiger partial charge in [-0.15, -0.1) is 0 Å². The van der Waals surface area contributed by atoms with E-state index in [4.69, 9.17) is 0 Å². The van der Waals surface area contributed by atoms with E-state index < -0.39 is 11.6 Å². The van der Waals surface area contributed by atoms with Crippen molar-refractivity contribution in [1.82, 2.24) is 0 Å². The molecule has 1 saturated carbocycles. The average Bonchev–Trinajstić information content (AvgIpc) is 2.03. The van der Waals surface area contributed by atoms with Crippen molar-refractivity contribution in [1.29, 1.82) is 0 Å². The van der Waals surface area contributed by atoms with Gasteiger partial charge in [-0.3, -0.25) is 0 Å². The van der Waals surface area contributed by atoms with E-state index in [0.29, 0.717) is 12.3 Å². The zero-order chi connectivity index (χ0) is 10.8. The summed E-state index contributed by atoms with van der Waals surface area (Å²) in [4.78, 5) is 0. The normalized spacial score (nSPS) is 21.2. The first-order valence-corrected chi connectivity index (χ1v) is 5.40. The highest BCUT2D eigenvalue weighted by atomic mass is 19.4. The summed E-state index contributed by atoms with van der Waals surface area (Å²) in [6.07, 6.45) is 1.64. The highest BCUT2D eigenvalue weighted by Gasteiger charge is 2.47. The first kappa shape index (κ1) is 11.9. The predicted octanol–water partition coefficient (Wildman–Crippen LogP) is 4.55. The van der Waals surface area contributed by atoms with Gasteiger partial charge in [-0.25, -0.2) is 0 Å². The minimum atomic E-state index is -4.05. The fraction of sp³-hybridized carbons (Fsp3) is 1.00. The van der Waals surface area contributed by atoms with Gasteiger partial charge in [0, 0.05) is 0 Å². The second-order valence-corrected chi connectivity index (χ2v) is 5.09. The van der Waals surface area contributed by atoms with Gasteiger partial charge in [-0.2, -0.15) is 13.2 Å². The molecule has 1 rings (SSSR count). The Morgan fingerprint density at radius 3 is 1.93 bits per heavy atom. The summed E-state index contributed by atoms with van der Waals surface area (Å²) in [6.45, 7) is 2.64. The number of alkyl halides is 3. The summed E-state index contributed by atoms with van der Waals surface area (Å²) in [5, 5.41) is 0. The Balaban J connectivity index is 2.49. The largest absolute Gasteiger partial charge is 0.393 e. The molecule has 0 heterocycles. The third kappa shape index (κ3) is 2.89. The Labute approximate surface area is 83.9 Å². The van der Waals surface area contributed by atoms with Gasteiger partial charge in [-0.1, -0.05) is 46.0 Å². The van der Waals surface area contributed by atoms with Gasteiger partial charge in [0.05, 0.1) is 5.41 Å². The third-order valence-corrected chi connectivity index (χ3v) is 3.29. The van der Waals surface area contributed by atoms with Crippen LogP contribution in [0.2, 0.25) is 0 Å². The highest BCUT2D eigenvalue weighted by Crippen LogP contribution is 2.44. The molecule has 0 aromatic heterocycles. The monoisotopic (exact) mass is 208 g/mol. The van der Waals surface area contributed by atoms with Crippen molar-refractivity contribution in [2.45, 2.75) is 58.5 Å². The molecule has 0 aliphatic heterocycles. The molecule has 0 bridgehead atoms. The molecule has 0 aromatic carbocycles. The molecule has 0 unspecified atom stereocenters. The molecule has 14 heavy (non-hydrogen) atoms. The number of hydrogen-bond acceptors (Lipinski definition) is 0. The fourth-order valence-corrected chi connectivity index (χ4v) is 2.23. The van der Waals surface area contributed by atoms with E-state index in [9.17, 15) is 13.2 Å². The van der Waals surface area contributed by atoms with Gasteiger partial charge in [-0.05, 0) is 12.3 Å². The third-order valence-electron chi connectivity index (χ3n) is 3.29. The fourth-order valence-electron chi connectivity index (χ4n) is 2.23. The summed E-state index contributed by atoms with van der Waals surface area (Å²) in [7, 11) is 0. The smallest absolute Gasteiger partial charge is 0.171 e. The van der Waals surface area contributed by atoms with Crippen LogP contribution in [0.25, 0.3) is 0 Å². The highest BCUT2D eigenvalue weighted by molar-refractivity contribution is 4.81.